The molecule has 0 aromatic carbocycles. The Morgan fingerprint density at radius 3 is 2.48 bits per heavy atom. The SMILES string of the molecule is Cc1nc2c(c(N3CCN(c4cc(N(C)C)ncn4)CC3)n1)CCC2. The van der Waals surface area contributed by atoms with E-state index in [4.69, 9.17) is 4.98 Å². The molecule has 0 unspecified atom stereocenters. The van der Waals surface area contributed by atoms with Crippen LogP contribution in [0.5, 0.6) is 0 Å². The molecule has 2 aliphatic rings. The van der Waals surface area contributed by atoms with Gasteiger partial charge in [-0.05, 0) is 26.2 Å². The summed E-state index contributed by atoms with van der Waals surface area (Å²) in [5.74, 6) is 4.00. The molecule has 0 radical (unpaired) electrons. The van der Waals surface area contributed by atoms with E-state index in [-0.39, 0.29) is 0 Å². The minimum atomic E-state index is 0.893. The van der Waals surface area contributed by atoms with Crippen LogP contribution in [0.25, 0.3) is 0 Å². The summed E-state index contributed by atoms with van der Waals surface area (Å²) in [6, 6.07) is 2.06. The van der Waals surface area contributed by atoms with E-state index in [1.165, 1.54) is 17.7 Å². The fourth-order valence-electron chi connectivity index (χ4n) is 3.70. The lowest BCUT2D eigenvalue weighted by Gasteiger charge is -2.37. The number of piperazine rings is 1. The van der Waals surface area contributed by atoms with Crippen LogP contribution in [-0.4, -0.2) is 60.2 Å². The summed E-state index contributed by atoms with van der Waals surface area (Å²) in [6.07, 6.45) is 5.07. The Hall–Kier alpha value is -2.44. The van der Waals surface area contributed by atoms with Crippen molar-refractivity contribution in [2.75, 3.05) is 55.0 Å². The van der Waals surface area contributed by atoms with E-state index in [9.17, 15) is 0 Å². The number of aryl methyl sites for hydroxylation is 2. The molecule has 0 N–H and O–H groups in total. The molecule has 1 aliphatic heterocycles. The van der Waals surface area contributed by atoms with Crippen LogP contribution in [0.1, 0.15) is 23.5 Å². The normalized spacial score (nSPS) is 16.9. The molecule has 1 fully saturated rings. The Kier molecular flexibility index (Phi) is 4.15. The number of fused-ring (bicyclic) bond motifs is 1. The molecule has 2 aromatic heterocycles. The monoisotopic (exact) mass is 339 g/mol. The van der Waals surface area contributed by atoms with Crippen LogP contribution in [0, 0.1) is 6.92 Å². The number of rotatable bonds is 3. The minimum absolute atomic E-state index is 0.893. The second kappa shape index (κ2) is 6.46. The van der Waals surface area contributed by atoms with E-state index in [0.717, 1.165) is 62.3 Å². The molecule has 25 heavy (non-hydrogen) atoms. The molecule has 0 bridgehead atoms. The summed E-state index contributed by atoms with van der Waals surface area (Å²) in [6.45, 7) is 5.82. The van der Waals surface area contributed by atoms with E-state index in [1.54, 1.807) is 6.33 Å². The second-order valence-corrected chi connectivity index (χ2v) is 6.98. The molecule has 0 saturated carbocycles. The summed E-state index contributed by atoms with van der Waals surface area (Å²) in [4.78, 5) is 24.9. The van der Waals surface area contributed by atoms with Gasteiger partial charge in [-0.3, -0.25) is 0 Å². The van der Waals surface area contributed by atoms with Crippen molar-refractivity contribution in [3.8, 4) is 0 Å². The summed E-state index contributed by atoms with van der Waals surface area (Å²) in [5.41, 5.74) is 2.63. The molecular formula is C18H25N7. The molecule has 7 nitrogen and oxygen atoms in total. The zero-order valence-corrected chi connectivity index (χ0v) is 15.2. The molecular weight excluding hydrogens is 314 g/mol. The van der Waals surface area contributed by atoms with Crippen LogP contribution in [0.2, 0.25) is 0 Å². The fraction of sp³-hybridized carbons (Fsp3) is 0.556. The summed E-state index contributed by atoms with van der Waals surface area (Å²) in [5, 5.41) is 0. The molecule has 132 valence electrons. The van der Waals surface area contributed by atoms with Gasteiger partial charge >= 0.3 is 0 Å². The number of hydrogen-bond donors (Lipinski definition) is 0. The van der Waals surface area contributed by atoms with Gasteiger partial charge in [0, 0.05) is 57.6 Å². The van der Waals surface area contributed by atoms with Crippen molar-refractivity contribution in [2.24, 2.45) is 0 Å². The van der Waals surface area contributed by atoms with Crippen molar-refractivity contribution < 1.29 is 0 Å². The highest BCUT2D eigenvalue weighted by atomic mass is 15.3. The number of aromatic nitrogens is 4. The highest BCUT2D eigenvalue weighted by molar-refractivity contribution is 5.54. The maximum atomic E-state index is 4.77. The molecule has 1 aliphatic carbocycles. The number of nitrogens with zero attached hydrogens (tertiary/aromatic N) is 7. The lowest BCUT2D eigenvalue weighted by molar-refractivity contribution is 0.636. The highest BCUT2D eigenvalue weighted by Gasteiger charge is 2.25. The molecule has 3 heterocycles. The van der Waals surface area contributed by atoms with Crippen LogP contribution in [-0.2, 0) is 12.8 Å². The van der Waals surface area contributed by atoms with Crippen LogP contribution < -0.4 is 14.7 Å². The summed E-state index contributed by atoms with van der Waals surface area (Å²) < 4.78 is 0. The summed E-state index contributed by atoms with van der Waals surface area (Å²) >= 11 is 0. The first-order chi connectivity index (χ1) is 12.1. The number of anilines is 3. The molecule has 4 rings (SSSR count). The van der Waals surface area contributed by atoms with Gasteiger partial charge in [-0.15, -0.1) is 0 Å². The minimum Gasteiger partial charge on any atom is -0.363 e. The average Bonchev–Trinajstić information content (AvgIpc) is 3.09. The van der Waals surface area contributed by atoms with Gasteiger partial charge in [0.25, 0.3) is 0 Å². The van der Waals surface area contributed by atoms with Crippen molar-refractivity contribution in [2.45, 2.75) is 26.2 Å². The molecule has 0 spiro atoms. The van der Waals surface area contributed by atoms with E-state index in [2.05, 4.69) is 30.8 Å². The Balaban J connectivity index is 1.50. The quantitative estimate of drug-likeness (QED) is 0.839. The molecule has 0 atom stereocenters. The van der Waals surface area contributed by atoms with Gasteiger partial charge < -0.3 is 14.7 Å². The van der Waals surface area contributed by atoms with Gasteiger partial charge in [-0.25, -0.2) is 19.9 Å². The van der Waals surface area contributed by atoms with Gasteiger partial charge in [0.1, 0.15) is 29.6 Å². The Morgan fingerprint density at radius 2 is 1.72 bits per heavy atom. The van der Waals surface area contributed by atoms with Gasteiger partial charge in [-0.2, -0.15) is 0 Å². The first-order valence-corrected chi connectivity index (χ1v) is 8.97. The van der Waals surface area contributed by atoms with Crippen molar-refractivity contribution in [1.82, 2.24) is 19.9 Å². The third-order valence-electron chi connectivity index (χ3n) is 5.02. The predicted octanol–water partition coefficient (Wildman–Crippen LogP) is 1.46. The average molecular weight is 339 g/mol. The van der Waals surface area contributed by atoms with Crippen LogP contribution in [0.4, 0.5) is 17.5 Å². The van der Waals surface area contributed by atoms with Crippen LogP contribution in [0.15, 0.2) is 12.4 Å². The van der Waals surface area contributed by atoms with E-state index in [1.807, 2.05) is 25.9 Å². The van der Waals surface area contributed by atoms with Crippen molar-refractivity contribution in [3.63, 3.8) is 0 Å². The Bertz CT molecular complexity index is 766. The largest absolute Gasteiger partial charge is 0.363 e. The van der Waals surface area contributed by atoms with Crippen molar-refractivity contribution in [1.29, 1.82) is 0 Å². The zero-order valence-electron chi connectivity index (χ0n) is 15.2. The predicted molar refractivity (Wildman–Crippen MR) is 99.6 cm³/mol. The molecule has 1 saturated heterocycles. The lowest BCUT2D eigenvalue weighted by Crippen LogP contribution is -2.47. The zero-order chi connectivity index (χ0) is 17.4. The van der Waals surface area contributed by atoms with E-state index in [0.29, 0.717) is 0 Å². The molecule has 7 heteroatoms. The molecule has 2 aromatic rings. The maximum Gasteiger partial charge on any atom is 0.135 e. The topological polar surface area (TPSA) is 61.3 Å². The fourth-order valence-corrected chi connectivity index (χ4v) is 3.70. The van der Waals surface area contributed by atoms with Gasteiger partial charge in [0.15, 0.2) is 0 Å². The van der Waals surface area contributed by atoms with E-state index >= 15 is 0 Å². The van der Waals surface area contributed by atoms with Gasteiger partial charge in [0.05, 0.1) is 0 Å². The smallest absolute Gasteiger partial charge is 0.135 e. The maximum absolute atomic E-state index is 4.77. The highest BCUT2D eigenvalue weighted by Crippen LogP contribution is 2.30. The summed E-state index contributed by atoms with van der Waals surface area (Å²) in [7, 11) is 4.00. The third kappa shape index (κ3) is 3.10. The van der Waals surface area contributed by atoms with Crippen LogP contribution in [0.3, 0.4) is 0 Å². The first-order valence-electron chi connectivity index (χ1n) is 8.97. The van der Waals surface area contributed by atoms with Crippen molar-refractivity contribution in [3.05, 3.63) is 29.5 Å². The van der Waals surface area contributed by atoms with Gasteiger partial charge in [-0.1, -0.05) is 0 Å². The third-order valence-corrected chi connectivity index (χ3v) is 5.02. The second-order valence-electron chi connectivity index (χ2n) is 6.98. The van der Waals surface area contributed by atoms with E-state index < -0.39 is 0 Å². The first kappa shape index (κ1) is 16.1. The Labute approximate surface area is 148 Å². The molecule has 0 amide bonds. The van der Waals surface area contributed by atoms with Gasteiger partial charge in [0.2, 0.25) is 0 Å². The standard InChI is InChI=1S/C18H25N7/c1-13-21-15-6-4-5-14(15)18(22-13)25-9-7-24(8-10-25)17-11-16(23(2)3)19-12-20-17/h11-12H,4-10H2,1-3H3. The van der Waals surface area contributed by atoms with Crippen molar-refractivity contribution >= 4 is 17.5 Å². The number of hydrogen-bond acceptors (Lipinski definition) is 7. The van der Waals surface area contributed by atoms with Crippen LogP contribution >= 0.6 is 0 Å². The Morgan fingerprint density at radius 1 is 0.960 bits per heavy atom. The lowest BCUT2D eigenvalue weighted by atomic mass is 10.2.